The Balaban J connectivity index is 1.59. The number of nitrogens with one attached hydrogen (secondary N) is 2. The van der Waals surface area contributed by atoms with Crippen molar-refractivity contribution in [1.29, 1.82) is 0 Å². The molecule has 1 aliphatic heterocycles. The van der Waals surface area contributed by atoms with Crippen LogP contribution in [0.3, 0.4) is 0 Å². The summed E-state index contributed by atoms with van der Waals surface area (Å²) >= 11 is 1.58. The average molecular weight is 342 g/mol. The lowest BCUT2D eigenvalue weighted by Crippen LogP contribution is -2.21. The lowest BCUT2D eigenvalue weighted by molar-refractivity contribution is -0.118. The first kappa shape index (κ1) is 16.4. The van der Waals surface area contributed by atoms with Crippen LogP contribution >= 0.6 is 11.8 Å². The summed E-state index contributed by atoms with van der Waals surface area (Å²) in [7, 11) is 0. The van der Waals surface area contributed by atoms with Gasteiger partial charge in [-0.25, -0.2) is 0 Å². The number of carbonyl (C=O) groups is 2. The lowest BCUT2D eigenvalue weighted by atomic mass is 10.0. The van der Waals surface area contributed by atoms with Crippen LogP contribution in [0.25, 0.3) is 0 Å². The second-order valence-electron chi connectivity index (χ2n) is 5.40. The van der Waals surface area contributed by atoms with Gasteiger partial charge in [-0.05, 0) is 48.6 Å². The van der Waals surface area contributed by atoms with E-state index >= 15 is 0 Å². The molecule has 2 N–H and O–H groups in total. The third kappa shape index (κ3) is 3.89. The zero-order valence-corrected chi connectivity index (χ0v) is 14.1. The monoisotopic (exact) mass is 342 g/mol. The Hall–Kier alpha value is -2.47. The molecule has 0 saturated carbocycles. The number of rotatable bonds is 5. The number of thioether (sulfide) groups is 1. The van der Waals surface area contributed by atoms with Crippen LogP contribution in [0.4, 0.5) is 11.4 Å². The lowest BCUT2D eigenvalue weighted by Gasteiger charge is -2.17. The van der Waals surface area contributed by atoms with E-state index in [9.17, 15) is 9.59 Å². The molecule has 2 aromatic rings. The van der Waals surface area contributed by atoms with Crippen LogP contribution in [-0.4, -0.2) is 24.7 Å². The molecule has 3 rings (SSSR count). The second-order valence-corrected chi connectivity index (χ2v) is 6.25. The molecular formula is C18H18N2O3S. The number of hydrogen-bond acceptors (Lipinski definition) is 4. The number of ether oxygens (including phenoxy) is 1. The SMILES string of the molecule is CSc1ccccc1NC(=O)COc1ccc2c(c1)CCC(=O)N2. The molecule has 124 valence electrons. The summed E-state index contributed by atoms with van der Waals surface area (Å²) in [6.45, 7) is -0.0616. The minimum atomic E-state index is -0.206. The first-order chi connectivity index (χ1) is 11.7. The Morgan fingerprint density at radius 3 is 2.92 bits per heavy atom. The van der Waals surface area contributed by atoms with Gasteiger partial charge in [0.15, 0.2) is 6.61 Å². The quantitative estimate of drug-likeness (QED) is 0.818. The van der Waals surface area contributed by atoms with E-state index in [2.05, 4.69) is 10.6 Å². The normalized spacial score (nSPS) is 13.0. The molecule has 0 aromatic heterocycles. The third-order valence-electron chi connectivity index (χ3n) is 3.72. The highest BCUT2D eigenvalue weighted by Crippen LogP contribution is 2.27. The number of para-hydroxylation sites is 1. The molecule has 0 bridgehead atoms. The maximum absolute atomic E-state index is 12.1. The van der Waals surface area contributed by atoms with Gasteiger partial charge in [-0.2, -0.15) is 0 Å². The molecule has 0 spiro atoms. The molecule has 0 aliphatic carbocycles. The topological polar surface area (TPSA) is 67.4 Å². The van der Waals surface area contributed by atoms with Gasteiger partial charge in [-0.15, -0.1) is 11.8 Å². The Morgan fingerprint density at radius 1 is 1.25 bits per heavy atom. The van der Waals surface area contributed by atoms with Crippen LogP contribution in [0.2, 0.25) is 0 Å². The summed E-state index contributed by atoms with van der Waals surface area (Å²) in [5, 5.41) is 5.68. The molecule has 1 aliphatic rings. The van der Waals surface area contributed by atoms with Crippen molar-refractivity contribution in [3.05, 3.63) is 48.0 Å². The van der Waals surface area contributed by atoms with Crippen LogP contribution in [-0.2, 0) is 16.0 Å². The van der Waals surface area contributed by atoms with E-state index in [4.69, 9.17) is 4.74 Å². The molecule has 0 atom stereocenters. The first-order valence-corrected chi connectivity index (χ1v) is 8.86. The van der Waals surface area contributed by atoms with Crippen molar-refractivity contribution in [1.82, 2.24) is 0 Å². The summed E-state index contributed by atoms with van der Waals surface area (Å²) < 4.78 is 5.57. The van der Waals surface area contributed by atoms with Gasteiger partial charge in [0.25, 0.3) is 5.91 Å². The Bertz CT molecular complexity index is 777. The fraction of sp³-hybridized carbons (Fsp3) is 0.222. The molecule has 0 saturated heterocycles. The summed E-state index contributed by atoms with van der Waals surface area (Å²) in [5.41, 5.74) is 2.63. The Morgan fingerprint density at radius 2 is 2.08 bits per heavy atom. The van der Waals surface area contributed by atoms with Crippen molar-refractivity contribution in [2.75, 3.05) is 23.5 Å². The van der Waals surface area contributed by atoms with Crippen LogP contribution in [0.15, 0.2) is 47.4 Å². The smallest absolute Gasteiger partial charge is 0.262 e. The minimum absolute atomic E-state index is 0.0306. The van der Waals surface area contributed by atoms with Gasteiger partial charge in [0.2, 0.25) is 5.91 Å². The Kier molecular flexibility index (Phi) is 5.05. The summed E-state index contributed by atoms with van der Waals surface area (Å²) in [6.07, 6.45) is 3.13. The minimum Gasteiger partial charge on any atom is -0.484 e. The van der Waals surface area contributed by atoms with Crippen LogP contribution in [0.1, 0.15) is 12.0 Å². The second kappa shape index (κ2) is 7.40. The molecular weight excluding hydrogens is 324 g/mol. The number of anilines is 2. The van der Waals surface area contributed by atoms with Crippen molar-refractivity contribution in [2.24, 2.45) is 0 Å². The highest BCUT2D eigenvalue weighted by Gasteiger charge is 2.15. The van der Waals surface area contributed by atoms with Gasteiger partial charge >= 0.3 is 0 Å². The number of carbonyl (C=O) groups excluding carboxylic acids is 2. The van der Waals surface area contributed by atoms with E-state index in [0.29, 0.717) is 18.6 Å². The third-order valence-corrected chi connectivity index (χ3v) is 4.52. The zero-order valence-electron chi connectivity index (χ0n) is 13.3. The fourth-order valence-corrected chi connectivity index (χ4v) is 3.09. The van der Waals surface area contributed by atoms with E-state index < -0.39 is 0 Å². The van der Waals surface area contributed by atoms with Gasteiger partial charge in [0, 0.05) is 17.0 Å². The van der Waals surface area contributed by atoms with Crippen molar-refractivity contribution >= 4 is 35.0 Å². The van der Waals surface area contributed by atoms with E-state index in [1.807, 2.05) is 42.7 Å². The van der Waals surface area contributed by atoms with E-state index in [1.165, 1.54) is 0 Å². The summed E-state index contributed by atoms with van der Waals surface area (Å²) in [6, 6.07) is 13.1. The van der Waals surface area contributed by atoms with Gasteiger partial charge in [-0.1, -0.05) is 12.1 Å². The van der Waals surface area contributed by atoms with Gasteiger partial charge in [0.1, 0.15) is 5.75 Å². The maximum Gasteiger partial charge on any atom is 0.262 e. The summed E-state index contributed by atoms with van der Waals surface area (Å²) in [4.78, 5) is 24.4. The van der Waals surface area contributed by atoms with Crippen molar-refractivity contribution in [3.8, 4) is 5.75 Å². The maximum atomic E-state index is 12.1. The number of aryl methyl sites for hydroxylation is 1. The van der Waals surface area contributed by atoms with Crippen molar-refractivity contribution in [3.63, 3.8) is 0 Å². The van der Waals surface area contributed by atoms with Gasteiger partial charge in [0.05, 0.1) is 5.69 Å². The van der Waals surface area contributed by atoms with Crippen molar-refractivity contribution < 1.29 is 14.3 Å². The van der Waals surface area contributed by atoms with Crippen molar-refractivity contribution in [2.45, 2.75) is 17.7 Å². The summed E-state index contributed by atoms with van der Waals surface area (Å²) in [5.74, 6) is 0.448. The largest absolute Gasteiger partial charge is 0.484 e. The van der Waals surface area contributed by atoms with Crippen LogP contribution in [0, 0.1) is 0 Å². The first-order valence-electron chi connectivity index (χ1n) is 7.64. The Labute approximate surface area is 144 Å². The molecule has 6 heteroatoms. The number of fused-ring (bicyclic) bond motifs is 1. The molecule has 1 heterocycles. The molecule has 24 heavy (non-hydrogen) atoms. The van der Waals surface area contributed by atoms with Crippen LogP contribution in [0.5, 0.6) is 5.75 Å². The number of amides is 2. The molecule has 0 unspecified atom stereocenters. The molecule has 0 fully saturated rings. The zero-order chi connectivity index (χ0) is 16.9. The standard InChI is InChI=1S/C18H18N2O3S/c1-24-16-5-3-2-4-15(16)20-18(22)11-23-13-7-8-14-12(10-13)6-9-17(21)19-14/h2-5,7-8,10H,6,9,11H2,1H3,(H,19,21)(H,20,22). The van der Waals surface area contributed by atoms with E-state index in [0.717, 1.165) is 21.8 Å². The number of benzene rings is 2. The number of hydrogen-bond donors (Lipinski definition) is 2. The predicted octanol–water partition coefficient (Wildman–Crippen LogP) is 3.31. The molecule has 2 amide bonds. The molecule has 5 nitrogen and oxygen atoms in total. The molecule has 2 aromatic carbocycles. The van der Waals surface area contributed by atoms with E-state index in [1.54, 1.807) is 17.8 Å². The predicted molar refractivity (Wildman–Crippen MR) is 95.7 cm³/mol. The van der Waals surface area contributed by atoms with E-state index in [-0.39, 0.29) is 18.4 Å². The highest BCUT2D eigenvalue weighted by molar-refractivity contribution is 7.98. The fourth-order valence-electron chi connectivity index (χ4n) is 2.53. The van der Waals surface area contributed by atoms with Crippen LogP contribution < -0.4 is 15.4 Å². The average Bonchev–Trinajstić information content (AvgIpc) is 2.60. The highest BCUT2D eigenvalue weighted by atomic mass is 32.2. The van der Waals surface area contributed by atoms with Gasteiger partial charge in [-0.3, -0.25) is 9.59 Å². The van der Waals surface area contributed by atoms with Gasteiger partial charge < -0.3 is 15.4 Å². The molecule has 0 radical (unpaired) electrons.